The topological polar surface area (TPSA) is 98.0 Å². The lowest BCUT2D eigenvalue weighted by molar-refractivity contribution is -0.140. The molecule has 8 heteroatoms. The zero-order chi connectivity index (χ0) is 30.4. The highest BCUT2D eigenvalue weighted by molar-refractivity contribution is 5.95. The Kier molecular flexibility index (Phi) is 9.14. The van der Waals surface area contributed by atoms with Crippen LogP contribution in [0.3, 0.4) is 0 Å². The summed E-state index contributed by atoms with van der Waals surface area (Å²) in [7, 11) is 0. The van der Waals surface area contributed by atoms with Gasteiger partial charge >= 0.3 is 11.9 Å². The lowest BCUT2D eigenvalue weighted by atomic mass is 9.92. The molecule has 3 aromatic carbocycles. The normalized spacial score (nSPS) is 14.6. The lowest BCUT2D eigenvalue weighted by Crippen LogP contribution is -2.15. The minimum Gasteiger partial charge on any atom is -0.494 e. The van der Waals surface area contributed by atoms with Gasteiger partial charge in [-0.2, -0.15) is 0 Å². The van der Waals surface area contributed by atoms with Gasteiger partial charge in [0.2, 0.25) is 0 Å². The number of hydrogen-bond acceptors (Lipinski definition) is 4. The predicted molar refractivity (Wildman–Crippen MR) is 164 cm³/mol. The molecular weight excluding hydrogens is 549 g/mol. The maximum Gasteiger partial charge on any atom is 0.326 e. The largest absolute Gasteiger partial charge is 0.494 e. The number of carboxylic acid groups (broad SMARTS) is 2. The summed E-state index contributed by atoms with van der Waals surface area (Å²) < 4.78 is 28.5. The molecule has 1 aliphatic rings. The van der Waals surface area contributed by atoms with E-state index in [1.807, 2.05) is 66.7 Å². The van der Waals surface area contributed by atoms with Crippen molar-refractivity contribution in [3.63, 3.8) is 0 Å². The van der Waals surface area contributed by atoms with Crippen molar-refractivity contribution in [1.82, 2.24) is 4.57 Å². The smallest absolute Gasteiger partial charge is 0.326 e. The highest BCUT2D eigenvalue weighted by atomic mass is 19.1. The van der Waals surface area contributed by atoms with Crippen molar-refractivity contribution in [2.75, 3.05) is 13.2 Å². The van der Waals surface area contributed by atoms with E-state index < -0.39 is 29.2 Å². The Labute approximate surface area is 250 Å². The molecular formula is C35H36FNO6. The minimum atomic E-state index is -1.03. The van der Waals surface area contributed by atoms with Crippen LogP contribution in [0.1, 0.15) is 61.8 Å². The van der Waals surface area contributed by atoms with Crippen LogP contribution in [-0.4, -0.2) is 39.9 Å². The summed E-state index contributed by atoms with van der Waals surface area (Å²) >= 11 is 0. The summed E-state index contributed by atoms with van der Waals surface area (Å²) in [5.74, 6) is -0.740. The van der Waals surface area contributed by atoms with E-state index in [1.54, 1.807) is 23.8 Å². The minimum absolute atomic E-state index is 0.0117. The van der Waals surface area contributed by atoms with Gasteiger partial charge in [-0.15, -0.1) is 0 Å². The van der Waals surface area contributed by atoms with E-state index in [0.29, 0.717) is 41.7 Å². The third kappa shape index (κ3) is 7.44. The van der Waals surface area contributed by atoms with Crippen LogP contribution in [0.25, 0.3) is 23.1 Å². The summed E-state index contributed by atoms with van der Waals surface area (Å²) in [4.78, 5) is 23.4. The number of nitrogens with zero attached hydrogens (tertiary/aromatic N) is 1. The molecule has 7 nitrogen and oxygen atoms in total. The average molecular weight is 586 g/mol. The first-order chi connectivity index (χ1) is 20.7. The fourth-order valence-electron chi connectivity index (χ4n) is 5.44. The van der Waals surface area contributed by atoms with E-state index in [9.17, 15) is 19.8 Å². The quantitative estimate of drug-likeness (QED) is 0.110. The fraction of sp³-hybridized carbons (Fsp3) is 0.314. The number of halogens is 1. The Balaban J connectivity index is 1.27. The molecule has 224 valence electrons. The number of fused-ring (bicyclic) bond motifs is 1. The summed E-state index contributed by atoms with van der Waals surface area (Å²) in [6.07, 6.45) is 9.09. The maximum atomic E-state index is 15.3. The standard InChI is InChI=1S/C35H36FNO6/c1-24(34(40)41)37-23-27(21-35(17-18-35)22-31(38)39)32-30(36)16-13-26(33(32)37)12-9-25-10-14-29(15-11-25)43-20-6-5-19-42-28-7-3-2-4-8-28/h2-4,7-16,23-24H,5-6,17-22H2,1H3,(H,38,39)(H,40,41). The van der Waals surface area contributed by atoms with Crippen LogP contribution in [0, 0.1) is 11.2 Å². The van der Waals surface area contributed by atoms with Crippen molar-refractivity contribution >= 4 is 35.0 Å². The molecule has 43 heavy (non-hydrogen) atoms. The molecule has 1 aliphatic carbocycles. The number of aliphatic carboxylic acids is 2. The number of carboxylic acids is 2. The van der Waals surface area contributed by atoms with Crippen LogP contribution in [0.5, 0.6) is 11.5 Å². The first kappa shape index (κ1) is 29.9. The molecule has 1 atom stereocenters. The van der Waals surface area contributed by atoms with Crippen LogP contribution < -0.4 is 9.47 Å². The first-order valence-electron chi connectivity index (χ1n) is 14.6. The molecule has 0 spiro atoms. The van der Waals surface area contributed by atoms with Crippen molar-refractivity contribution < 1.29 is 33.7 Å². The molecule has 0 amide bonds. The number of benzene rings is 3. The third-order valence-corrected chi connectivity index (χ3v) is 8.01. The third-order valence-electron chi connectivity index (χ3n) is 8.01. The predicted octanol–water partition coefficient (Wildman–Crippen LogP) is 7.63. The second-order valence-corrected chi connectivity index (χ2v) is 11.3. The molecule has 1 saturated carbocycles. The molecule has 5 rings (SSSR count). The van der Waals surface area contributed by atoms with Crippen molar-refractivity contribution in [3.8, 4) is 11.5 Å². The Bertz CT molecular complexity index is 1610. The van der Waals surface area contributed by atoms with Gasteiger partial charge in [0.05, 0.1) is 25.2 Å². The van der Waals surface area contributed by atoms with Gasteiger partial charge in [-0.05, 0) is 97.5 Å². The van der Waals surface area contributed by atoms with Gasteiger partial charge < -0.3 is 24.3 Å². The highest BCUT2D eigenvalue weighted by Crippen LogP contribution is 2.52. The number of hydrogen-bond donors (Lipinski definition) is 2. The molecule has 4 aromatic rings. The molecule has 0 bridgehead atoms. The van der Waals surface area contributed by atoms with Crippen molar-refractivity contribution in [1.29, 1.82) is 0 Å². The van der Waals surface area contributed by atoms with E-state index in [4.69, 9.17) is 9.47 Å². The van der Waals surface area contributed by atoms with Gasteiger partial charge in [0.15, 0.2) is 0 Å². The van der Waals surface area contributed by atoms with Gasteiger partial charge in [-0.3, -0.25) is 4.79 Å². The molecule has 0 radical (unpaired) electrons. The van der Waals surface area contributed by atoms with Crippen LogP contribution in [-0.2, 0) is 16.0 Å². The Morgan fingerprint density at radius 3 is 2.19 bits per heavy atom. The van der Waals surface area contributed by atoms with Crippen molar-refractivity contribution in [3.05, 3.63) is 95.4 Å². The van der Waals surface area contributed by atoms with Gasteiger partial charge in [0.25, 0.3) is 0 Å². The van der Waals surface area contributed by atoms with Crippen LogP contribution >= 0.6 is 0 Å². The zero-order valence-electron chi connectivity index (χ0n) is 24.2. The molecule has 1 heterocycles. The Hall–Kier alpha value is -4.59. The highest BCUT2D eigenvalue weighted by Gasteiger charge is 2.45. The summed E-state index contributed by atoms with van der Waals surface area (Å²) in [6.45, 7) is 2.77. The molecule has 1 unspecified atom stereocenters. The van der Waals surface area contributed by atoms with Crippen LogP contribution in [0.4, 0.5) is 4.39 Å². The summed E-state index contributed by atoms with van der Waals surface area (Å²) in [6, 6.07) is 19.5. The fourth-order valence-corrected chi connectivity index (χ4v) is 5.44. The molecule has 1 fully saturated rings. The number of para-hydroxylation sites is 1. The first-order valence-corrected chi connectivity index (χ1v) is 14.6. The van der Waals surface area contributed by atoms with Crippen LogP contribution in [0.15, 0.2) is 72.9 Å². The van der Waals surface area contributed by atoms with E-state index in [1.165, 1.54) is 6.07 Å². The molecule has 0 aliphatic heterocycles. The number of ether oxygens (including phenoxy) is 2. The number of aromatic nitrogens is 1. The Morgan fingerprint density at radius 1 is 0.930 bits per heavy atom. The van der Waals surface area contributed by atoms with E-state index in [0.717, 1.165) is 42.7 Å². The van der Waals surface area contributed by atoms with Gasteiger partial charge in [0.1, 0.15) is 23.4 Å². The SMILES string of the molecule is CC(C(=O)O)n1cc(CC2(CC(=O)O)CC2)c2c(F)ccc(C=Cc3ccc(OCCCCOc4ccccc4)cc3)c21. The zero-order valence-corrected chi connectivity index (χ0v) is 24.2. The summed E-state index contributed by atoms with van der Waals surface area (Å²) in [5, 5.41) is 19.5. The molecule has 0 saturated heterocycles. The van der Waals surface area contributed by atoms with Crippen molar-refractivity contribution in [2.45, 2.75) is 51.5 Å². The van der Waals surface area contributed by atoms with E-state index >= 15 is 4.39 Å². The maximum absolute atomic E-state index is 15.3. The van der Waals surface area contributed by atoms with E-state index in [-0.39, 0.29) is 6.42 Å². The number of unbranched alkanes of at least 4 members (excludes halogenated alkanes) is 1. The number of carbonyl (C=O) groups is 2. The number of rotatable bonds is 15. The second-order valence-electron chi connectivity index (χ2n) is 11.3. The van der Waals surface area contributed by atoms with Gasteiger partial charge in [0, 0.05) is 11.6 Å². The molecule has 2 N–H and O–H groups in total. The molecule has 1 aromatic heterocycles. The average Bonchev–Trinajstić information content (AvgIpc) is 3.63. The van der Waals surface area contributed by atoms with Crippen LogP contribution in [0.2, 0.25) is 0 Å². The Morgan fingerprint density at radius 2 is 1.58 bits per heavy atom. The second kappa shape index (κ2) is 13.2. The van der Waals surface area contributed by atoms with Gasteiger partial charge in [-0.25, -0.2) is 9.18 Å². The monoisotopic (exact) mass is 585 g/mol. The van der Waals surface area contributed by atoms with Gasteiger partial charge in [-0.1, -0.05) is 42.5 Å². The van der Waals surface area contributed by atoms with E-state index in [2.05, 4.69) is 0 Å². The van der Waals surface area contributed by atoms with Crippen molar-refractivity contribution in [2.24, 2.45) is 5.41 Å². The lowest BCUT2D eigenvalue weighted by Gasteiger charge is -2.12. The summed E-state index contributed by atoms with van der Waals surface area (Å²) in [5.41, 5.74) is 2.31.